The van der Waals surface area contributed by atoms with E-state index in [9.17, 15) is 14.3 Å². The van der Waals surface area contributed by atoms with Crippen molar-refractivity contribution in [1.82, 2.24) is 5.32 Å². The number of nitrogens with one attached hydrogen (secondary N) is 2. The van der Waals surface area contributed by atoms with Crippen molar-refractivity contribution < 1.29 is 18.7 Å². The first kappa shape index (κ1) is 27.5. The number of fused-ring (bicyclic) bond motifs is 1. The molecule has 1 amide bonds. The second kappa shape index (κ2) is 12.0. The molecule has 40 heavy (non-hydrogen) atoms. The van der Waals surface area contributed by atoms with E-state index in [0.717, 1.165) is 22.4 Å². The van der Waals surface area contributed by atoms with Gasteiger partial charge in [-0.1, -0.05) is 54.1 Å². The van der Waals surface area contributed by atoms with Crippen LogP contribution in [0.15, 0.2) is 89.9 Å². The number of aliphatic hydroxyl groups excluding tert-OH is 1. The smallest absolute Gasteiger partial charge is 0.254 e. The maximum Gasteiger partial charge on any atom is 0.254 e. The van der Waals surface area contributed by atoms with Crippen LogP contribution in [-0.2, 0) is 12.8 Å². The second-order valence-corrected chi connectivity index (χ2v) is 10.2. The van der Waals surface area contributed by atoms with E-state index in [1.165, 1.54) is 24.3 Å². The van der Waals surface area contributed by atoms with Crippen LogP contribution in [0.1, 0.15) is 40.0 Å². The van der Waals surface area contributed by atoms with Crippen LogP contribution >= 0.6 is 11.6 Å². The predicted octanol–water partition coefficient (Wildman–Crippen LogP) is 6.75. The molecule has 0 unspecified atom stereocenters. The Morgan fingerprint density at radius 1 is 1.02 bits per heavy atom. The molecule has 0 aromatic heterocycles. The molecule has 2 atom stereocenters. The van der Waals surface area contributed by atoms with Gasteiger partial charge < -0.3 is 15.7 Å². The predicted molar refractivity (Wildman–Crippen MR) is 155 cm³/mol. The van der Waals surface area contributed by atoms with Gasteiger partial charge in [-0.15, -0.1) is 0 Å². The zero-order valence-corrected chi connectivity index (χ0v) is 22.6. The molecular weight excluding hydrogens is 532 g/mol. The average molecular weight is 560 g/mol. The third-order valence-corrected chi connectivity index (χ3v) is 7.30. The highest BCUT2D eigenvalue weighted by Crippen LogP contribution is 2.34. The van der Waals surface area contributed by atoms with E-state index < -0.39 is 23.9 Å². The molecule has 4 aromatic rings. The molecule has 0 bridgehead atoms. The van der Waals surface area contributed by atoms with Crippen molar-refractivity contribution in [3.05, 3.63) is 124 Å². The monoisotopic (exact) mass is 559 g/mol. The number of aliphatic imine (C=N–C) groups is 1. The van der Waals surface area contributed by atoms with Crippen LogP contribution in [0.25, 0.3) is 11.1 Å². The highest BCUT2D eigenvalue weighted by Gasteiger charge is 2.33. The number of amidine groups is 1. The molecule has 0 heterocycles. The molecule has 0 spiro atoms. The SMILES string of the molecule is CC(=NCCc1ccc(F)cc1)Nc1ccc2c(c1)[C@@H](NC(=O)c1ccc(-c3ccccc3Cl)cc1F)[C@H](O)C2. The molecule has 204 valence electrons. The molecule has 1 aliphatic carbocycles. The first-order valence-electron chi connectivity index (χ1n) is 13.0. The number of amides is 1. The number of hydrogen-bond acceptors (Lipinski definition) is 3. The maximum atomic E-state index is 15.0. The van der Waals surface area contributed by atoms with Gasteiger partial charge in [0.05, 0.1) is 23.5 Å². The third-order valence-electron chi connectivity index (χ3n) is 6.97. The molecule has 0 saturated heterocycles. The topological polar surface area (TPSA) is 73.7 Å². The zero-order valence-electron chi connectivity index (χ0n) is 21.8. The summed E-state index contributed by atoms with van der Waals surface area (Å²) in [6, 6.07) is 22.8. The van der Waals surface area contributed by atoms with Gasteiger partial charge in [0.1, 0.15) is 11.6 Å². The molecule has 0 radical (unpaired) electrons. The largest absolute Gasteiger partial charge is 0.390 e. The molecule has 0 aliphatic heterocycles. The summed E-state index contributed by atoms with van der Waals surface area (Å²) in [5.41, 5.74) is 4.54. The van der Waals surface area contributed by atoms with Crippen molar-refractivity contribution in [3.63, 3.8) is 0 Å². The Hall–Kier alpha value is -4.07. The fourth-order valence-corrected chi connectivity index (χ4v) is 5.15. The first-order valence-corrected chi connectivity index (χ1v) is 13.3. The Morgan fingerprint density at radius 2 is 1.80 bits per heavy atom. The van der Waals surface area contributed by atoms with Crippen molar-refractivity contribution in [1.29, 1.82) is 0 Å². The Labute approximate surface area is 236 Å². The van der Waals surface area contributed by atoms with Gasteiger partial charge in [-0.25, -0.2) is 8.78 Å². The summed E-state index contributed by atoms with van der Waals surface area (Å²) in [5, 5.41) is 17.3. The van der Waals surface area contributed by atoms with E-state index in [0.29, 0.717) is 41.4 Å². The minimum absolute atomic E-state index is 0.116. The Bertz CT molecular complexity index is 1570. The van der Waals surface area contributed by atoms with Gasteiger partial charge in [0, 0.05) is 29.2 Å². The number of rotatable bonds is 7. The number of anilines is 1. The van der Waals surface area contributed by atoms with Gasteiger partial charge >= 0.3 is 0 Å². The van der Waals surface area contributed by atoms with E-state index >= 15 is 4.39 Å². The van der Waals surface area contributed by atoms with Crippen LogP contribution < -0.4 is 10.6 Å². The van der Waals surface area contributed by atoms with E-state index in [4.69, 9.17) is 11.6 Å². The molecule has 1 aliphatic rings. The lowest BCUT2D eigenvalue weighted by Gasteiger charge is -2.19. The number of carbonyl (C=O) groups excluding carboxylic acids is 1. The van der Waals surface area contributed by atoms with Gasteiger partial charge in [0.2, 0.25) is 0 Å². The van der Waals surface area contributed by atoms with Gasteiger partial charge in [-0.05, 0) is 78.1 Å². The average Bonchev–Trinajstić information content (AvgIpc) is 3.24. The van der Waals surface area contributed by atoms with E-state index in [-0.39, 0.29) is 11.4 Å². The van der Waals surface area contributed by atoms with E-state index in [2.05, 4.69) is 15.6 Å². The van der Waals surface area contributed by atoms with Crippen molar-refractivity contribution in [2.45, 2.75) is 31.9 Å². The summed E-state index contributed by atoms with van der Waals surface area (Å²) in [6.07, 6.45) is 0.212. The summed E-state index contributed by atoms with van der Waals surface area (Å²) >= 11 is 6.24. The zero-order chi connectivity index (χ0) is 28.2. The van der Waals surface area contributed by atoms with Crippen molar-refractivity contribution in [2.75, 3.05) is 11.9 Å². The quantitative estimate of drug-likeness (QED) is 0.173. The molecule has 5 rings (SSSR count). The lowest BCUT2D eigenvalue weighted by atomic mass is 10.0. The van der Waals surface area contributed by atoms with Crippen LogP contribution in [0.3, 0.4) is 0 Å². The first-order chi connectivity index (χ1) is 19.3. The van der Waals surface area contributed by atoms with Gasteiger partial charge in [-0.2, -0.15) is 0 Å². The second-order valence-electron chi connectivity index (χ2n) is 9.78. The molecule has 4 aromatic carbocycles. The van der Waals surface area contributed by atoms with Crippen LogP contribution in [0.5, 0.6) is 0 Å². The normalized spacial score (nSPS) is 16.5. The third kappa shape index (κ3) is 6.22. The van der Waals surface area contributed by atoms with Crippen LogP contribution in [0.4, 0.5) is 14.5 Å². The number of benzene rings is 4. The van der Waals surface area contributed by atoms with Crippen LogP contribution in [0.2, 0.25) is 5.02 Å². The molecule has 5 nitrogen and oxygen atoms in total. The van der Waals surface area contributed by atoms with Crippen molar-refractivity contribution >= 4 is 29.0 Å². The van der Waals surface area contributed by atoms with Crippen molar-refractivity contribution in [2.24, 2.45) is 4.99 Å². The maximum absolute atomic E-state index is 15.0. The number of hydrogen-bond donors (Lipinski definition) is 3. The molecule has 0 fully saturated rings. The van der Waals surface area contributed by atoms with Gasteiger partial charge in [-0.3, -0.25) is 9.79 Å². The Balaban J connectivity index is 1.26. The minimum Gasteiger partial charge on any atom is -0.390 e. The molecule has 0 saturated carbocycles. The minimum atomic E-state index is -0.842. The Morgan fingerprint density at radius 3 is 2.55 bits per heavy atom. The fraction of sp³-hybridized carbons (Fsp3) is 0.188. The van der Waals surface area contributed by atoms with E-state index in [1.807, 2.05) is 31.2 Å². The van der Waals surface area contributed by atoms with Crippen molar-refractivity contribution in [3.8, 4) is 11.1 Å². The summed E-state index contributed by atoms with van der Waals surface area (Å²) in [7, 11) is 0. The summed E-state index contributed by atoms with van der Waals surface area (Å²) in [6.45, 7) is 2.38. The highest BCUT2D eigenvalue weighted by molar-refractivity contribution is 6.33. The fourth-order valence-electron chi connectivity index (χ4n) is 4.91. The van der Waals surface area contributed by atoms with Crippen LogP contribution in [0, 0.1) is 11.6 Å². The number of aliphatic hydroxyl groups is 1. The van der Waals surface area contributed by atoms with Gasteiger partial charge in [0.15, 0.2) is 0 Å². The van der Waals surface area contributed by atoms with E-state index in [1.54, 1.807) is 36.4 Å². The summed E-state index contributed by atoms with van der Waals surface area (Å²) in [5.74, 6) is -0.859. The number of nitrogens with zero attached hydrogens (tertiary/aromatic N) is 1. The lowest BCUT2D eigenvalue weighted by Crippen LogP contribution is -2.34. The molecule has 8 heteroatoms. The Kier molecular flexibility index (Phi) is 8.24. The lowest BCUT2D eigenvalue weighted by molar-refractivity contribution is 0.0854. The summed E-state index contributed by atoms with van der Waals surface area (Å²) < 4.78 is 28.1. The molecular formula is C32H28ClF2N3O2. The van der Waals surface area contributed by atoms with Crippen LogP contribution in [-0.4, -0.2) is 29.5 Å². The van der Waals surface area contributed by atoms with Gasteiger partial charge in [0.25, 0.3) is 5.91 Å². The molecule has 3 N–H and O–H groups in total. The summed E-state index contributed by atoms with van der Waals surface area (Å²) in [4.78, 5) is 17.6. The highest BCUT2D eigenvalue weighted by atomic mass is 35.5. The number of carbonyl (C=O) groups is 1. The number of halogens is 3. The standard InChI is InChI=1S/C32H28ClF2N3O2/c1-19(36-15-14-20-6-10-23(34)11-7-20)37-24-12-8-22-17-30(39)31(27(22)18-24)38-32(40)26-13-9-21(16-29(26)35)25-4-2-3-5-28(25)33/h2-13,16,18,30-31,39H,14-15,17H2,1H3,(H,36,37)(H,38,40)/t30-,31-/m1/s1.